The molecule has 1 saturated heterocycles. The van der Waals surface area contributed by atoms with Crippen LogP contribution in [0.5, 0.6) is 0 Å². The van der Waals surface area contributed by atoms with Crippen molar-refractivity contribution < 1.29 is 5.21 Å². The minimum Gasteiger partial charge on any atom is -0.136 e. The maximum Gasteiger partial charge on any atom is 0.0668 e. The quantitative estimate of drug-likeness (QED) is 0.380. The Morgan fingerprint density at radius 2 is 1.47 bits per heavy atom. The second-order valence-corrected chi connectivity index (χ2v) is 12.7. The van der Waals surface area contributed by atoms with Gasteiger partial charge in [-0.1, -0.05) is 6.08 Å². The zero-order valence-corrected chi connectivity index (χ0v) is 22.2. The van der Waals surface area contributed by atoms with Crippen LogP contribution < -0.4 is 5.56 Å². The van der Waals surface area contributed by atoms with Gasteiger partial charge in [0.1, 0.15) is 0 Å². The van der Waals surface area contributed by atoms with Crippen molar-refractivity contribution in [2.45, 2.75) is 45.3 Å². The number of aromatic nitrogens is 1. The van der Waals surface area contributed by atoms with E-state index in [1.165, 1.54) is 16.2 Å². The molecule has 7 heteroatoms. The van der Waals surface area contributed by atoms with Crippen molar-refractivity contribution >= 4 is 24.4 Å². The molecule has 1 aromatic heterocycles. The molecule has 0 unspecified atom stereocenters. The molecular weight excluding hydrogens is 491 g/mol. The molecule has 1 radical (unpaired) electrons. The molecule has 0 N–H and O–H groups in total. The molecular formula is C27H33N4O2Se. The molecule has 0 aliphatic carbocycles. The van der Waals surface area contributed by atoms with E-state index in [1.807, 2.05) is 49.5 Å². The van der Waals surface area contributed by atoms with Gasteiger partial charge < -0.3 is 0 Å². The molecule has 2 aliphatic heterocycles. The standard InChI is InChI=1S/C27H33N4O2Se/c1-26(2)17-21(27(3,4)31(26)33)19-29-15-13-28(14-16-29)18-20-9-11-22(12-10-20)30-25(32)23-7-5-6-8-24(23)34-30/h5-12,17H,13-16,18-19H2,1-4H3. The van der Waals surface area contributed by atoms with Gasteiger partial charge in [0, 0.05) is 0 Å². The molecule has 5 rings (SSSR count). The molecule has 2 aromatic carbocycles. The first-order valence-electron chi connectivity index (χ1n) is 12.0. The second-order valence-electron chi connectivity index (χ2n) is 10.6. The summed E-state index contributed by atoms with van der Waals surface area (Å²) in [5.74, 6) is 0. The summed E-state index contributed by atoms with van der Waals surface area (Å²) in [5, 5.41) is 14.7. The van der Waals surface area contributed by atoms with Crippen molar-refractivity contribution in [3.05, 3.63) is 76.1 Å². The fraction of sp³-hybridized carbons (Fsp3) is 0.444. The summed E-state index contributed by atoms with van der Waals surface area (Å²) < 4.78 is 3.08. The molecule has 0 spiro atoms. The van der Waals surface area contributed by atoms with Crippen LogP contribution in [0.15, 0.2) is 65.0 Å². The van der Waals surface area contributed by atoms with Gasteiger partial charge >= 0.3 is 153 Å². The molecule has 0 bridgehead atoms. The van der Waals surface area contributed by atoms with E-state index in [4.69, 9.17) is 0 Å². The van der Waals surface area contributed by atoms with Crippen molar-refractivity contribution in [2.75, 3.05) is 32.7 Å². The number of nitrogens with zero attached hydrogens (tertiary/aromatic N) is 4. The number of hydrogen-bond acceptors (Lipinski definition) is 4. The number of benzene rings is 2. The van der Waals surface area contributed by atoms with Crippen molar-refractivity contribution in [3.63, 3.8) is 0 Å². The maximum absolute atomic E-state index is 12.8. The predicted molar refractivity (Wildman–Crippen MR) is 137 cm³/mol. The normalized spacial score (nSPS) is 21.3. The zero-order chi connectivity index (χ0) is 24.1. The molecule has 0 atom stereocenters. The summed E-state index contributed by atoms with van der Waals surface area (Å²) in [5.41, 5.74) is 2.73. The Labute approximate surface area is 207 Å². The molecule has 3 heterocycles. The van der Waals surface area contributed by atoms with E-state index < -0.39 is 11.1 Å². The third kappa shape index (κ3) is 4.37. The Kier molecular flexibility index (Phi) is 6.22. The van der Waals surface area contributed by atoms with Gasteiger partial charge in [-0.15, -0.1) is 10.3 Å². The van der Waals surface area contributed by atoms with E-state index in [2.05, 4.69) is 46.2 Å². The number of rotatable bonds is 5. The Hall–Kier alpha value is -1.99. The fourth-order valence-electron chi connectivity index (χ4n) is 5.24. The Bertz CT molecular complexity index is 1260. The van der Waals surface area contributed by atoms with Crippen LogP contribution in [-0.2, 0) is 11.8 Å². The molecule has 179 valence electrons. The van der Waals surface area contributed by atoms with E-state index in [-0.39, 0.29) is 20.3 Å². The number of piperazine rings is 1. The van der Waals surface area contributed by atoms with E-state index in [1.54, 1.807) is 0 Å². The maximum atomic E-state index is 12.8. The molecule has 0 saturated carbocycles. The third-order valence-corrected chi connectivity index (χ3v) is 9.60. The van der Waals surface area contributed by atoms with Crippen LogP contribution >= 0.6 is 0 Å². The van der Waals surface area contributed by atoms with E-state index in [0.29, 0.717) is 0 Å². The van der Waals surface area contributed by atoms with Gasteiger partial charge in [0.05, 0.1) is 11.1 Å². The number of fused-ring (bicyclic) bond motifs is 1. The zero-order valence-electron chi connectivity index (χ0n) is 20.5. The molecule has 6 nitrogen and oxygen atoms in total. The van der Waals surface area contributed by atoms with Gasteiger partial charge in [0.15, 0.2) is 0 Å². The molecule has 34 heavy (non-hydrogen) atoms. The van der Waals surface area contributed by atoms with Gasteiger partial charge in [0.25, 0.3) is 0 Å². The number of hydrogen-bond donors (Lipinski definition) is 0. The van der Waals surface area contributed by atoms with Crippen LogP contribution in [-0.4, -0.2) is 77.0 Å². The van der Waals surface area contributed by atoms with E-state index >= 15 is 0 Å². The molecule has 1 fully saturated rings. The van der Waals surface area contributed by atoms with Crippen molar-refractivity contribution in [1.29, 1.82) is 0 Å². The summed E-state index contributed by atoms with van der Waals surface area (Å²) in [6, 6.07) is 16.4. The average Bonchev–Trinajstić information content (AvgIpc) is 3.23. The third-order valence-electron chi connectivity index (χ3n) is 7.27. The van der Waals surface area contributed by atoms with Crippen LogP contribution in [0.2, 0.25) is 0 Å². The van der Waals surface area contributed by atoms with Gasteiger partial charge in [-0.2, -0.15) is 0 Å². The summed E-state index contributed by atoms with van der Waals surface area (Å²) in [4.78, 5) is 17.7. The summed E-state index contributed by atoms with van der Waals surface area (Å²) >= 11 is 0.00712. The fourth-order valence-corrected chi connectivity index (χ4v) is 7.33. The Morgan fingerprint density at radius 3 is 2.06 bits per heavy atom. The monoisotopic (exact) mass is 525 g/mol. The van der Waals surface area contributed by atoms with Crippen molar-refractivity contribution in [2.24, 2.45) is 0 Å². The molecule has 2 aliphatic rings. The van der Waals surface area contributed by atoms with Crippen LogP contribution in [0.3, 0.4) is 0 Å². The number of hydroxylamine groups is 2. The Balaban J connectivity index is 1.19. The van der Waals surface area contributed by atoms with Gasteiger partial charge in [0.2, 0.25) is 0 Å². The Morgan fingerprint density at radius 1 is 0.853 bits per heavy atom. The molecule has 0 amide bonds. The van der Waals surface area contributed by atoms with E-state index in [9.17, 15) is 10.0 Å². The van der Waals surface area contributed by atoms with Crippen LogP contribution in [0.4, 0.5) is 0 Å². The second kappa shape index (κ2) is 8.90. The SMILES string of the molecule is CC1(C)C=C(CN2CCN(Cc3ccc(-n4[se]c5ccccc5c4=O)cc3)CC2)C(C)(C)N1[O]. The first-order chi connectivity index (χ1) is 16.1. The minimum atomic E-state index is -0.443. The van der Waals surface area contributed by atoms with Crippen LogP contribution in [0.25, 0.3) is 15.3 Å². The smallest absolute Gasteiger partial charge is 0.0668 e. The van der Waals surface area contributed by atoms with Crippen LogP contribution in [0, 0.1) is 0 Å². The first-order valence-corrected chi connectivity index (χ1v) is 13.6. The van der Waals surface area contributed by atoms with Crippen LogP contribution in [0.1, 0.15) is 33.3 Å². The predicted octanol–water partition coefficient (Wildman–Crippen LogP) is 3.31. The summed E-state index contributed by atoms with van der Waals surface area (Å²) in [6.45, 7) is 13.9. The average molecular weight is 525 g/mol. The summed E-state index contributed by atoms with van der Waals surface area (Å²) in [6.07, 6.45) is 2.17. The first kappa shape index (κ1) is 23.7. The largest absolute Gasteiger partial charge is 0.136 e. The van der Waals surface area contributed by atoms with E-state index in [0.717, 1.165) is 54.6 Å². The minimum absolute atomic E-state index is 0.00712. The molecule has 3 aromatic rings. The topological polar surface area (TPSA) is 51.6 Å². The van der Waals surface area contributed by atoms with Crippen molar-refractivity contribution in [1.82, 2.24) is 18.4 Å². The summed E-state index contributed by atoms with van der Waals surface area (Å²) in [7, 11) is 0. The van der Waals surface area contributed by atoms with Gasteiger partial charge in [-0.05, 0) is 27.7 Å². The van der Waals surface area contributed by atoms with Gasteiger partial charge in [-0.25, -0.2) is 0 Å². The van der Waals surface area contributed by atoms with Gasteiger partial charge in [-0.3, -0.25) is 0 Å². The van der Waals surface area contributed by atoms with Crippen molar-refractivity contribution in [3.8, 4) is 5.69 Å².